The normalized spacial score (nSPS) is 21.3. The minimum absolute atomic E-state index is 0.327. The Morgan fingerprint density at radius 1 is 1.22 bits per heavy atom. The van der Waals surface area contributed by atoms with Gasteiger partial charge in [0, 0.05) is 31.4 Å². The van der Waals surface area contributed by atoms with E-state index in [1.165, 1.54) is 18.4 Å². The molecule has 18 heavy (non-hydrogen) atoms. The quantitative estimate of drug-likeness (QED) is 0.842. The van der Waals surface area contributed by atoms with Crippen molar-refractivity contribution in [3.63, 3.8) is 0 Å². The summed E-state index contributed by atoms with van der Waals surface area (Å²) in [5.74, 6) is 0.967. The molecule has 2 aliphatic rings. The van der Waals surface area contributed by atoms with Crippen LogP contribution in [0.5, 0.6) is 0 Å². The van der Waals surface area contributed by atoms with Gasteiger partial charge >= 0.3 is 0 Å². The molecule has 1 saturated heterocycles. The molecule has 2 heterocycles. The zero-order valence-electron chi connectivity index (χ0n) is 10.7. The van der Waals surface area contributed by atoms with E-state index in [2.05, 4.69) is 5.32 Å². The van der Waals surface area contributed by atoms with E-state index in [1.54, 1.807) is 6.26 Å². The second-order valence-corrected chi connectivity index (χ2v) is 5.15. The van der Waals surface area contributed by atoms with Gasteiger partial charge in [0.25, 0.3) is 0 Å². The Kier molecular flexibility index (Phi) is 3.98. The first kappa shape index (κ1) is 12.2. The fourth-order valence-corrected chi connectivity index (χ4v) is 2.23. The van der Waals surface area contributed by atoms with Crippen molar-refractivity contribution in [1.29, 1.82) is 0 Å². The van der Waals surface area contributed by atoms with Crippen LogP contribution >= 0.6 is 0 Å². The van der Waals surface area contributed by atoms with Crippen LogP contribution in [-0.2, 0) is 22.6 Å². The van der Waals surface area contributed by atoms with Crippen molar-refractivity contribution in [1.82, 2.24) is 5.32 Å². The van der Waals surface area contributed by atoms with Gasteiger partial charge < -0.3 is 19.2 Å². The summed E-state index contributed by atoms with van der Waals surface area (Å²) >= 11 is 0. The number of nitrogens with one attached hydrogen (secondary N) is 1. The lowest BCUT2D eigenvalue weighted by atomic mass is 10.1. The second-order valence-electron chi connectivity index (χ2n) is 5.15. The maximum atomic E-state index is 5.89. The maximum absolute atomic E-state index is 5.89. The molecule has 1 saturated carbocycles. The molecule has 0 atom stereocenters. The van der Waals surface area contributed by atoms with E-state index < -0.39 is 0 Å². The van der Waals surface area contributed by atoms with Crippen LogP contribution in [-0.4, -0.2) is 25.4 Å². The molecule has 4 heteroatoms. The summed E-state index contributed by atoms with van der Waals surface area (Å²) in [5.41, 5.74) is 1.23. The zero-order chi connectivity index (χ0) is 12.2. The zero-order valence-corrected chi connectivity index (χ0v) is 10.7. The van der Waals surface area contributed by atoms with Crippen LogP contribution < -0.4 is 5.32 Å². The van der Waals surface area contributed by atoms with E-state index in [4.69, 9.17) is 13.9 Å². The maximum Gasteiger partial charge on any atom is 0.133 e. The van der Waals surface area contributed by atoms with Crippen molar-refractivity contribution in [2.24, 2.45) is 0 Å². The van der Waals surface area contributed by atoms with Crippen LogP contribution in [0.3, 0.4) is 0 Å². The van der Waals surface area contributed by atoms with Gasteiger partial charge in [0.1, 0.15) is 12.4 Å². The van der Waals surface area contributed by atoms with Gasteiger partial charge in [-0.3, -0.25) is 0 Å². The van der Waals surface area contributed by atoms with Crippen LogP contribution in [0.15, 0.2) is 16.7 Å². The Balaban J connectivity index is 1.46. The molecular formula is C14H21NO3. The first-order valence-electron chi connectivity index (χ1n) is 6.90. The highest BCUT2D eigenvalue weighted by molar-refractivity contribution is 5.16. The summed E-state index contributed by atoms with van der Waals surface area (Å²) in [4.78, 5) is 0. The summed E-state index contributed by atoms with van der Waals surface area (Å²) in [6.07, 6.45) is 6.70. The van der Waals surface area contributed by atoms with Crippen molar-refractivity contribution < 1.29 is 13.9 Å². The summed E-state index contributed by atoms with van der Waals surface area (Å²) in [7, 11) is 0. The molecule has 1 N–H and O–H groups in total. The summed E-state index contributed by atoms with van der Waals surface area (Å²) in [6.45, 7) is 3.12. The summed E-state index contributed by atoms with van der Waals surface area (Å²) < 4.78 is 16.7. The van der Waals surface area contributed by atoms with Crippen LogP contribution in [0.4, 0.5) is 0 Å². The molecule has 4 nitrogen and oxygen atoms in total. The minimum Gasteiger partial charge on any atom is -0.467 e. The third-order valence-electron chi connectivity index (χ3n) is 3.61. The Hall–Kier alpha value is -0.840. The highest BCUT2D eigenvalue weighted by Crippen LogP contribution is 2.21. The molecule has 3 rings (SSSR count). The summed E-state index contributed by atoms with van der Waals surface area (Å²) in [5, 5.41) is 3.50. The number of hydrogen-bond acceptors (Lipinski definition) is 4. The van der Waals surface area contributed by atoms with E-state index in [0.717, 1.165) is 44.4 Å². The lowest BCUT2D eigenvalue weighted by Gasteiger charge is -2.22. The van der Waals surface area contributed by atoms with Gasteiger partial charge in [0.2, 0.25) is 0 Å². The fourth-order valence-electron chi connectivity index (χ4n) is 2.23. The average molecular weight is 251 g/mol. The van der Waals surface area contributed by atoms with E-state index in [0.29, 0.717) is 12.7 Å². The lowest BCUT2D eigenvalue weighted by Crippen LogP contribution is -2.23. The largest absolute Gasteiger partial charge is 0.467 e. The third-order valence-corrected chi connectivity index (χ3v) is 3.61. The molecular weight excluding hydrogens is 230 g/mol. The first-order valence-corrected chi connectivity index (χ1v) is 6.90. The fraction of sp³-hybridized carbons (Fsp3) is 0.714. The molecule has 0 amide bonds. The Morgan fingerprint density at radius 3 is 2.83 bits per heavy atom. The molecule has 0 aromatic carbocycles. The Bertz CT molecular complexity index is 367. The van der Waals surface area contributed by atoms with Gasteiger partial charge in [-0.2, -0.15) is 0 Å². The van der Waals surface area contributed by atoms with Gasteiger partial charge in [-0.1, -0.05) is 0 Å². The van der Waals surface area contributed by atoms with E-state index in [1.807, 2.05) is 6.07 Å². The molecule has 0 bridgehead atoms. The van der Waals surface area contributed by atoms with Gasteiger partial charge in [-0.15, -0.1) is 0 Å². The van der Waals surface area contributed by atoms with Crippen molar-refractivity contribution in [2.45, 2.75) is 51.0 Å². The number of rotatable bonds is 6. The van der Waals surface area contributed by atoms with Crippen LogP contribution in [0.1, 0.15) is 37.0 Å². The Morgan fingerprint density at radius 2 is 2.06 bits per heavy atom. The predicted octanol–water partition coefficient (Wildman–Crippen LogP) is 2.23. The van der Waals surface area contributed by atoms with Crippen LogP contribution in [0.2, 0.25) is 0 Å². The standard InChI is InChI=1S/C14H21NO3/c1-2-12(1)15-9-11-3-8-17-14(11)10-18-13-4-6-16-7-5-13/h3,8,12-13,15H,1-2,4-7,9-10H2. The van der Waals surface area contributed by atoms with Gasteiger partial charge in [0.05, 0.1) is 12.4 Å². The highest BCUT2D eigenvalue weighted by Gasteiger charge is 2.21. The van der Waals surface area contributed by atoms with E-state index >= 15 is 0 Å². The first-order chi connectivity index (χ1) is 8.92. The molecule has 0 spiro atoms. The molecule has 1 aromatic rings. The van der Waals surface area contributed by atoms with Crippen molar-refractivity contribution in [3.05, 3.63) is 23.7 Å². The number of furan rings is 1. The second kappa shape index (κ2) is 5.87. The van der Waals surface area contributed by atoms with Gasteiger partial charge in [0.15, 0.2) is 0 Å². The molecule has 0 radical (unpaired) electrons. The van der Waals surface area contributed by atoms with Crippen LogP contribution in [0.25, 0.3) is 0 Å². The third kappa shape index (κ3) is 3.34. The molecule has 0 unspecified atom stereocenters. The molecule has 2 fully saturated rings. The molecule has 1 aliphatic carbocycles. The van der Waals surface area contributed by atoms with Crippen molar-refractivity contribution >= 4 is 0 Å². The average Bonchev–Trinajstić information content (AvgIpc) is 3.14. The smallest absolute Gasteiger partial charge is 0.133 e. The monoisotopic (exact) mass is 251 g/mol. The topological polar surface area (TPSA) is 43.6 Å². The van der Waals surface area contributed by atoms with Gasteiger partial charge in [-0.25, -0.2) is 0 Å². The summed E-state index contributed by atoms with van der Waals surface area (Å²) in [6, 6.07) is 2.77. The molecule has 1 aliphatic heterocycles. The van der Waals surface area contributed by atoms with Gasteiger partial charge in [-0.05, 0) is 31.7 Å². The minimum atomic E-state index is 0.327. The predicted molar refractivity (Wildman–Crippen MR) is 67.2 cm³/mol. The number of hydrogen-bond donors (Lipinski definition) is 1. The van der Waals surface area contributed by atoms with Crippen molar-refractivity contribution in [2.75, 3.05) is 13.2 Å². The van der Waals surface area contributed by atoms with E-state index in [-0.39, 0.29) is 0 Å². The van der Waals surface area contributed by atoms with Crippen LogP contribution in [0, 0.1) is 0 Å². The highest BCUT2D eigenvalue weighted by atomic mass is 16.5. The Labute approximate surface area is 108 Å². The van der Waals surface area contributed by atoms with E-state index in [9.17, 15) is 0 Å². The molecule has 100 valence electrons. The molecule has 1 aromatic heterocycles. The van der Waals surface area contributed by atoms with Crippen molar-refractivity contribution in [3.8, 4) is 0 Å². The SMILES string of the molecule is c1cc(CNC2CC2)c(COC2CCOCC2)o1. The lowest BCUT2D eigenvalue weighted by molar-refractivity contribution is -0.0436. The number of ether oxygens (including phenoxy) is 2.